The Morgan fingerprint density at radius 1 is 1.19 bits per heavy atom. The summed E-state index contributed by atoms with van der Waals surface area (Å²) in [4.78, 5) is 2.34. The van der Waals surface area contributed by atoms with E-state index in [1.54, 1.807) is 11.3 Å². The van der Waals surface area contributed by atoms with Gasteiger partial charge in [-0.1, -0.05) is 13.8 Å². The number of nitrogens with zero attached hydrogens (tertiary/aromatic N) is 5. The van der Waals surface area contributed by atoms with Crippen LogP contribution in [0.2, 0.25) is 0 Å². The van der Waals surface area contributed by atoms with Crippen LogP contribution in [-0.4, -0.2) is 32.9 Å². The van der Waals surface area contributed by atoms with E-state index in [0.29, 0.717) is 5.41 Å². The number of hydrogen-bond acceptors (Lipinski definition) is 5. The van der Waals surface area contributed by atoms with Gasteiger partial charge in [-0.05, 0) is 35.4 Å². The van der Waals surface area contributed by atoms with E-state index < -0.39 is 0 Å². The summed E-state index contributed by atoms with van der Waals surface area (Å²) >= 11 is 1.66. The third kappa shape index (κ3) is 2.19. The van der Waals surface area contributed by atoms with Crippen molar-refractivity contribution >= 4 is 22.8 Å². The number of fused-ring (bicyclic) bond motifs is 1. The molecule has 0 saturated carbocycles. The smallest absolute Gasteiger partial charge is 0.186 e. The quantitative estimate of drug-likeness (QED) is 0.729. The minimum atomic E-state index is 0.361. The number of thiophene rings is 1. The van der Waals surface area contributed by atoms with E-state index >= 15 is 0 Å². The van der Waals surface area contributed by atoms with Gasteiger partial charge in [-0.2, -0.15) is 15.9 Å². The third-order valence-electron chi connectivity index (χ3n) is 4.03. The second-order valence-electron chi connectivity index (χ2n) is 6.33. The average molecular weight is 299 g/mol. The van der Waals surface area contributed by atoms with Crippen LogP contribution in [0.3, 0.4) is 0 Å². The van der Waals surface area contributed by atoms with Gasteiger partial charge in [-0.3, -0.25) is 0 Å². The monoisotopic (exact) mass is 299 g/mol. The van der Waals surface area contributed by atoms with Gasteiger partial charge in [0, 0.05) is 24.0 Å². The first-order valence-corrected chi connectivity index (χ1v) is 8.07. The molecule has 4 heterocycles. The Morgan fingerprint density at radius 2 is 2.10 bits per heavy atom. The van der Waals surface area contributed by atoms with Crippen molar-refractivity contribution in [1.29, 1.82) is 0 Å². The molecule has 1 fully saturated rings. The minimum absolute atomic E-state index is 0.361. The molecule has 0 amide bonds. The van der Waals surface area contributed by atoms with Gasteiger partial charge in [-0.15, -0.1) is 15.3 Å². The van der Waals surface area contributed by atoms with Gasteiger partial charge in [0.25, 0.3) is 0 Å². The summed E-state index contributed by atoms with van der Waals surface area (Å²) in [5.74, 6) is 1.82. The molecule has 108 valence electrons. The Morgan fingerprint density at radius 3 is 2.81 bits per heavy atom. The lowest BCUT2D eigenvalue weighted by molar-refractivity contribution is 0.418. The molecule has 6 heteroatoms. The molecule has 0 atom stereocenters. The Balaban J connectivity index is 1.77. The Labute approximate surface area is 127 Å². The second kappa shape index (κ2) is 4.53. The normalized spacial score (nSPS) is 17.7. The van der Waals surface area contributed by atoms with Crippen molar-refractivity contribution < 1.29 is 0 Å². The molecule has 0 radical (unpaired) electrons. The van der Waals surface area contributed by atoms with Gasteiger partial charge in [0.05, 0.1) is 0 Å². The maximum absolute atomic E-state index is 4.76. The highest BCUT2D eigenvalue weighted by Gasteiger charge is 2.30. The first-order chi connectivity index (χ1) is 10.1. The van der Waals surface area contributed by atoms with E-state index in [0.717, 1.165) is 35.9 Å². The second-order valence-corrected chi connectivity index (χ2v) is 7.11. The standard InChI is InChI=1S/C15H17N5S/c1-15(2)6-7-19(10-15)13-4-3-12-16-17-14(20(12)18-13)11-5-8-21-9-11/h3-5,8-9H,6-7,10H2,1-2H3. The van der Waals surface area contributed by atoms with Gasteiger partial charge in [0.2, 0.25) is 0 Å². The minimum Gasteiger partial charge on any atom is -0.355 e. The summed E-state index contributed by atoms with van der Waals surface area (Å²) in [6, 6.07) is 6.09. The number of aromatic nitrogens is 4. The number of hydrogen-bond donors (Lipinski definition) is 0. The highest BCUT2D eigenvalue weighted by atomic mass is 32.1. The van der Waals surface area contributed by atoms with Crippen molar-refractivity contribution in [1.82, 2.24) is 19.8 Å². The van der Waals surface area contributed by atoms with E-state index in [1.165, 1.54) is 6.42 Å². The molecule has 0 spiro atoms. The fraction of sp³-hybridized carbons (Fsp3) is 0.400. The molecule has 3 aromatic rings. The van der Waals surface area contributed by atoms with Crippen molar-refractivity contribution in [2.24, 2.45) is 5.41 Å². The molecule has 1 aliphatic heterocycles. The van der Waals surface area contributed by atoms with Gasteiger partial charge < -0.3 is 4.90 Å². The van der Waals surface area contributed by atoms with E-state index in [4.69, 9.17) is 5.10 Å². The average Bonchev–Trinajstić information content (AvgIpc) is 3.15. The lowest BCUT2D eigenvalue weighted by Gasteiger charge is -2.20. The summed E-state index contributed by atoms with van der Waals surface area (Å²) in [6.07, 6.45) is 1.20. The molecule has 1 aliphatic rings. The van der Waals surface area contributed by atoms with E-state index in [2.05, 4.69) is 40.4 Å². The summed E-state index contributed by atoms with van der Waals surface area (Å²) < 4.78 is 1.85. The van der Waals surface area contributed by atoms with Crippen molar-refractivity contribution in [3.05, 3.63) is 29.0 Å². The van der Waals surface area contributed by atoms with Gasteiger partial charge >= 0.3 is 0 Å². The molecule has 0 aromatic carbocycles. The molecule has 3 aromatic heterocycles. The molecule has 21 heavy (non-hydrogen) atoms. The lowest BCUT2D eigenvalue weighted by atomic mass is 9.93. The molecule has 0 unspecified atom stereocenters. The summed E-state index contributed by atoms with van der Waals surface area (Å²) in [5, 5.41) is 17.4. The maximum Gasteiger partial charge on any atom is 0.186 e. The van der Waals surface area contributed by atoms with Crippen molar-refractivity contribution in [3.63, 3.8) is 0 Å². The zero-order valence-corrected chi connectivity index (χ0v) is 13.0. The fourth-order valence-corrected chi connectivity index (χ4v) is 3.46. The molecule has 4 rings (SSSR count). The summed E-state index contributed by atoms with van der Waals surface area (Å²) in [5.41, 5.74) is 2.22. The number of rotatable bonds is 2. The Bertz CT molecular complexity index is 775. The highest BCUT2D eigenvalue weighted by Crippen LogP contribution is 2.31. The largest absolute Gasteiger partial charge is 0.355 e. The van der Waals surface area contributed by atoms with Gasteiger partial charge in [-0.25, -0.2) is 0 Å². The lowest BCUT2D eigenvalue weighted by Crippen LogP contribution is -2.24. The molecular formula is C15H17N5S. The van der Waals surface area contributed by atoms with Crippen LogP contribution in [0.25, 0.3) is 17.0 Å². The van der Waals surface area contributed by atoms with E-state index in [1.807, 2.05) is 22.0 Å². The summed E-state index contributed by atoms with van der Waals surface area (Å²) in [6.45, 7) is 6.71. The van der Waals surface area contributed by atoms with Crippen molar-refractivity contribution in [2.45, 2.75) is 20.3 Å². The van der Waals surface area contributed by atoms with Crippen LogP contribution in [0.1, 0.15) is 20.3 Å². The zero-order valence-electron chi connectivity index (χ0n) is 12.2. The Hall–Kier alpha value is -1.95. The maximum atomic E-state index is 4.76. The van der Waals surface area contributed by atoms with Crippen molar-refractivity contribution in [3.8, 4) is 11.4 Å². The predicted octanol–water partition coefficient (Wildman–Crippen LogP) is 3.09. The van der Waals surface area contributed by atoms with Crippen LogP contribution in [0.15, 0.2) is 29.0 Å². The first-order valence-electron chi connectivity index (χ1n) is 7.12. The Kier molecular flexibility index (Phi) is 2.75. The molecule has 0 N–H and O–H groups in total. The SMILES string of the molecule is CC1(C)CCN(c2ccc3nnc(-c4ccsc4)n3n2)C1. The van der Waals surface area contributed by atoms with Crippen LogP contribution in [0.4, 0.5) is 5.82 Å². The van der Waals surface area contributed by atoms with Crippen molar-refractivity contribution in [2.75, 3.05) is 18.0 Å². The highest BCUT2D eigenvalue weighted by molar-refractivity contribution is 7.08. The third-order valence-corrected chi connectivity index (χ3v) is 4.71. The molecule has 5 nitrogen and oxygen atoms in total. The van der Waals surface area contributed by atoms with E-state index in [9.17, 15) is 0 Å². The fourth-order valence-electron chi connectivity index (χ4n) is 2.83. The zero-order chi connectivity index (χ0) is 14.4. The molecule has 0 bridgehead atoms. The topological polar surface area (TPSA) is 46.3 Å². The van der Waals surface area contributed by atoms with Crippen LogP contribution < -0.4 is 4.90 Å². The van der Waals surface area contributed by atoms with Crippen LogP contribution in [0, 0.1) is 5.41 Å². The van der Waals surface area contributed by atoms with Gasteiger partial charge in [0.1, 0.15) is 5.82 Å². The van der Waals surface area contributed by atoms with Crippen LogP contribution >= 0.6 is 11.3 Å². The van der Waals surface area contributed by atoms with Crippen LogP contribution in [-0.2, 0) is 0 Å². The number of anilines is 1. The van der Waals surface area contributed by atoms with Gasteiger partial charge in [0.15, 0.2) is 11.5 Å². The molecular weight excluding hydrogens is 282 g/mol. The summed E-state index contributed by atoms with van der Waals surface area (Å²) in [7, 11) is 0. The first kappa shape index (κ1) is 12.8. The predicted molar refractivity (Wildman–Crippen MR) is 84.7 cm³/mol. The molecule has 1 saturated heterocycles. The molecule has 0 aliphatic carbocycles. The van der Waals surface area contributed by atoms with Crippen LogP contribution in [0.5, 0.6) is 0 Å². The van der Waals surface area contributed by atoms with E-state index in [-0.39, 0.29) is 0 Å².